The van der Waals surface area contributed by atoms with Crippen molar-refractivity contribution in [3.8, 4) is 11.4 Å². The average Bonchev–Trinajstić information content (AvgIpc) is 3.04. The molecule has 1 N–H and O–H groups in total. The smallest absolute Gasteiger partial charge is 0.248 e. The van der Waals surface area contributed by atoms with Gasteiger partial charge in [-0.15, -0.1) is 10.2 Å². The summed E-state index contributed by atoms with van der Waals surface area (Å²) < 4.78 is 12.9. The van der Waals surface area contributed by atoms with E-state index in [2.05, 4.69) is 20.7 Å². The second kappa shape index (κ2) is 7.08. The van der Waals surface area contributed by atoms with Gasteiger partial charge in [0.25, 0.3) is 0 Å². The summed E-state index contributed by atoms with van der Waals surface area (Å²) in [5.41, 5.74) is 2.36. The van der Waals surface area contributed by atoms with Crippen LogP contribution < -0.4 is 10.2 Å². The van der Waals surface area contributed by atoms with Gasteiger partial charge in [-0.3, -0.25) is 4.79 Å². The molecule has 1 amide bonds. The van der Waals surface area contributed by atoms with E-state index in [0.29, 0.717) is 17.1 Å². The lowest BCUT2D eigenvalue weighted by atomic mass is 10.2. The van der Waals surface area contributed by atoms with Gasteiger partial charge in [-0.1, -0.05) is 0 Å². The van der Waals surface area contributed by atoms with Gasteiger partial charge in [-0.05, 0) is 53.7 Å². The molecule has 0 aliphatic rings. The van der Waals surface area contributed by atoms with Crippen molar-refractivity contribution in [3.05, 3.63) is 54.3 Å². The number of benzene rings is 2. The Hall–Kier alpha value is -3.29. The van der Waals surface area contributed by atoms with E-state index in [1.807, 2.05) is 43.3 Å². The first kappa shape index (κ1) is 16.6. The maximum atomic E-state index is 12.9. The van der Waals surface area contributed by atoms with Crippen LogP contribution in [0.3, 0.4) is 0 Å². The number of hydrogen-bond acceptors (Lipinski definition) is 5. The Morgan fingerprint density at radius 1 is 1.12 bits per heavy atom. The topological polar surface area (TPSA) is 75.9 Å². The third-order valence-electron chi connectivity index (χ3n) is 3.51. The maximum Gasteiger partial charge on any atom is 0.248 e. The minimum atomic E-state index is -0.337. The third-order valence-corrected chi connectivity index (χ3v) is 3.51. The number of hydrogen-bond donors (Lipinski definition) is 1. The highest BCUT2D eigenvalue weighted by Crippen LogP contribution is 2.16. The van der Waals surface area contributed by atoms with Crippen molar-refractivity contribution >= 4 is 17.3 Å². The fourth-order valence-electron chi connectivity index (χ4n) is 2.20. The van der Waals surface area contributed by atoms with Gasteiger partial charge in [-0.25, -0.2) is 4.39 Å². The molecule has 0 saturated carbocycles. The van der Waals surface area contributed by atoms with Crippen LogP contribution in [0.25, 0.3) is 11.4 Å². The molecule has 25 heavy (non-hydrogen) atoms. The summed E-state index contributed by atoms with van der Waals surface area (Å²) in [6.45, 7) is -0.0658. The van der Waals surface area contributed by atoms with Crippen LogP contribution in [0, 0.1) is 5.82 Å². The minimum Gasteiger partial charge on any atom is -0.378 e. The standard InChI is InChI=1S/C17H17FN6O/c1-23(2)15-9-7-14(8-10-15)19-16(25)11-24-21-17(20-22-24)12-3-5-13(18)6-4-12/h3-10H,11H2,1-2H3,(H,19,25). The van der Waals surface area contributed by atoms with Gasteiger partial charge >= 0.3 is 0 Å². The number of nitrogens with zero attached hydrogens (tertiary/aromatic N) is 5. The first-order valence-corrected chi connectivity index (χ1v) is 7.62. The zero-order valence-corrected chi connectivity index (χ0v) is 13.8. The van der Waals surface area contributed by atoms with E-state index in [-0.39, 0.29) is 18.3 Å². The van der Waals surface area contributed by atoms with Crippen LogP contribution in [0.15, 0.2) is 48.5 Å². The van der Waals surface area contributed by atoms with Crippen molar-refractivity contribution in [1.82, 2.24) is 20.2 Å². The van der Waals surface area contributed by atoms with Gasteiger partial charge in [0, 0.05) is 31.0 Å². The van der Waals surface area contributed by atoms with Gasteiger partial charge in [0.15, 0.2) is 0 Å². The number of carbonyl (C=O) groups is 1. The second-order valence-corrected chi connectivity index (χ2v) is 5.64. The van der Waals surface area contributed by atoms with E-state index in [0.717, 1.165) is 5.69 Å². The van der Waals surface area contributed by atoms with E-state index >= 15 is 0 Å². The molecular weight excluding hydrogens is 323 g/mol. The molecule has 3 aromatic rings. The Labute approximate surface area is 144 Å². The summed E-state index contributed by atoms with van der Waals surface area (Å²) in [6, 6.07) is 13.2. The maximum absolute atomic E-state index is 12.9. The summed E-state index contributed by atoms with van der Waals surface area (Å²) in [6.07, 6.45) is 0. The molecule has 0 radical (unpaired) electrons. The van der Waals surface area contributed by atoms with Crippen molar-refractivity contribution in [3.63, 3.8) is 0 Å². The summed E-state index contributed by atoms with van der Waals surface area (Å²) >= 11 is 0. The quantitative estimate of drug-likeness (QED) is 0.770. The number of aromatic nitrogens is 4. The SMILES string of the molecule is CN(C)c1ccc(NC(=O)Cn2nnc(-c3ccc(F)cc3)n2)cc1. The zero-order chi connectivity index (χ0) is 17.8. The van der Waals surface area contributed by atoms with Crippen LogP contribution in [0.2, 0.25) is 0 Å². The molecule has 0 spiro atoms. The van der Waals surface area contributed by atoms with Crippen LogP contribution in [0.4, 0.5) is 15.8 Å². The van der Waals surface area contributed by atoms with E-state index in [9.17, 15) is 9.18 Å². The molecule has 7 nitrogen and oxygen atoms in total. The predicted molar refractivity (Wildman–Crippen MR) is 92.6 cm³/mol. The van der Waals surface area contributed by atoms with Crippen LogP contribution in [-0.4, -0.2) is 40.2 Å². The molecule has 0 unspecified atom stereocenters. The van der Waals surface area contributed by atoms with E-state index < -0.39 is 0 Å². The Balaban J connectivity index is 1.62. The Kier molecular flexibility index (Phi) is 4.69. The van der Waals surface area contributed by atoms with Gasteiger partial charge in [-0.2, -0.15) is 4.80 Å². The molecule has 0 atom stereocenters. The highest BCUT2D eigenvalue weighted by Gasteiger charge is 2.10. The van der Waals surface area contributed by atoms with Gasteiger partial charge < -0.3 is 10.2 Å². The van der Waals surface area contributed by atoms with Crippen molar-refractivity contribution in [2.45, 2.75) is 6.54 Å². The summed E-state index contributed by atoms with van der Waals surface area (Å²) in [4.78, 5) is 15.3. The number of halogens is 1. The van der Waals surface area contributed by atoms with E-state index in [1.54, 1.807) is 12.1 Å². The molecule has 8 heteroatoms. The largest absolute Gasteiger partial charge is 0.378 e. The van der Waals surface area contributed by atoms with Crippen molar-refractivity contribution in [2.24, 2.45) is 0 Å². The Morgan fingerprint density at radius 2 is 1.80 bits per heavy atom. The molecule has 128 valence electrons. The molecule has 2 aromatic carbocycles. The van der Waals surface area contributed by atoms with Crippen molar-refractivity contribution < 1.29 is 9.18 Å². The molecular formula is C17H17FN6O. The number of tetrazole rings is 1. The first-order chi connectivity index (χ1) is 12.0. The van der Waals surface area contributed by atoms with Gasteiger partial charge in [0.2, 0.25) is 11.7 Å². The van der Waals surface area contributed by atoms with E-state index in [1.165, 1.54) is 16.9 Å². The molecule has 3 rings (SSSR count). The number of carbonyl (C=O) groups excluding carboxylic acids is 1. The number of amides is 1. The lowest BCUT2D eigenvalue weighted by molar-refractivity contribution is -0.117. The fourth-order valence-corrected chi connectivity index (χ4v) is 2.20. The Morgan fingerprint density at radius 3 is 2.44 bits per heavy atom. The highest BCUT2D eigenvalue weighted by atomic mass is 19.1. The zero-order valence-electron chi connectivity index (χ0n) is 13.8. The molecule has 1 aromatic heterocycles. The van der Waals surface area contributed by atoms with Crippen LogP contribution >= 0.6 is 0 Å². The average molecular weight is 340 g/mol. The fraction of sp³-hybridized carbons (Fsp3) is 0.176. The summed E-state index contributed by atoms with van der Waals surface area (Å²) in [5.74, 6) is -0.264. The summed E-state index contributed by atoms with van der Waals surface area (Å²) in [7, 11) is 3.89. The minimum absolute atomic E-state index is 0.0658. The van der Waals surface area contributed by atoms with Crippen molar-refractivity contribution in [2.75, 3.05) is 24.3 Å². The van der Waals surface area contributed by atoms with Crippen LogP contribution in [0.5, 0.6) is 0 Å². The Bertz CT molecular complexity index is 858. The molecule has 0 aliphatic heterocycles. The van der Waals surface area contributed by atoms with Gasteiger partial charge in [0.1, 0.15) is 12.4 Å². The summed E-state index contributed by atoms with van der Waals surface area (Å²) in [5, 5.41) is 14.6. The predicted octanol–water partition coefficient (Wildman–Crippen LogP) is 2.18. The lowest BCUT2D eigenvalue weighted by Crippen LogP contribution is -2.20. The first-order valence-electron chi connectivity index (χ1n) is 7.62. The molecule has 0 fully saturated rings. The molecule has 1 heterocycles. The number of rotatable bonds is 5. The highest BCUT2D eigenvalue weighted by molar-refractivity contribution is 5.90. The second-order valence-electron chi connectivity index (χ2n) is 5.64. The molecule has 0 saturated heterocycles. The number of nitrogens with one attached hydrogen (secondary N) is 1. The normalized spacial score (nSPS) is 10.5. The van der Waals surface area contributed by atoms with Crippen LogP contribution in [-0.2, 0) is 11.3 Å². The third kappa shape index (κ3) is 4.17. The monoisotopic (exact) mass is 340 g/mol. The molecule has 0 aliphatic carbocycles. The number of anilines is 2. The lowest BCUT2D eigenvalue weighted by Gasteiger charge is -2.12. The van der Waals surface area contributed by atoms with E-state index in [4.69, 9.17) is 0 Å². The van der Waals surface area contributed by atoms with Gasteiger partial charge in [0.05, 0.1) is 0 Å². The molecule has 0 bridgehead atoms. The van der Waals surface area contributed by atoms with Crippen molar-refractivity contribution in [1.29, 1.82) is 0 Å². The van der Waals surface area contributed by atoms with Crippen LogP contribution in [0.1, 0.15) is 0 Å².